The maximum atomic E-state index is 14.4. The number of rotatable bonds is 10. The van der Waals surface area contributed by atoms with Gasteiger partial charge in [-0.1, -0.05) is 42.5 Å². The Hall–Kier alpha value is -4.54. The van der Waals surface area contributed by atoms with E-state index in [4.69, 9.17) is 14.2 Å². The smallest absolute Gasteiger partial charge is 0.338 e. The number of hydrogen-bond acceptors (Lipinski definition) is 8. The van der Waals surface area contributed by atoms with E-state index in [1.54, 1.807) is 35.2 Å². The molecule has 6 rings (SSSR count). The van der Waals surface area contributed by atoms with Crippen LogP contribution in [0.15, 0.2) is 66.7 Å². The van der Waals surface area contributed by atoms with Crippen molar-refractivity contribution in [2.45, 2.75) is 44.9 Å². The average Bonchev–Trinajstić information content (AvgIpc) is 3.96. The lowest BCUT2D eigenvalue weighted by Gasteiger charge is -2.36. The molecule has 2 aliphatic heterocycles. The largest absolute Gasteiger partial charge is 0.465 e. The summed E-state index contributed by atoms with van der Waals surface area (Å²) in [4.78, 5) is 56.6. The first-order chi connectivity index (χ1) is 22.8. The van der Waals surface area contributed by atoms with Gasteiger partial charge in [-0.2, -0.15) is 0 Å². The molecule has 2 amide bonds. The van der Waals surface area contributed by atoms with Gasteiger partial charge in [0, 0.05) is 62.1 Å². The number of Topliss-reactive ketones (excluding diaryl/α,β-unsaturated/α-hetero) is 1. The minimum atomic E-state index is -0.699. The molecule has 0 bridgehead atoms. The Balaban J connectivity index is 1.28. The maximum Gasteiger partial charge on any atom is 0.338 e. The molecular formula is C37H41N3O7. The summed E-state index contributed by atoms with van der Waals surface area (Å²) >= 11 is 0. The van der Waals surface area contributed by atoms with Crippen molar-refractivity contribution in [3.63, 3.8) is 0 Å². The Labute approximate surface area is 275 Å². The van der Waals surface area contributed by atoms with E-state index in [2.05, 4.69) is 5.32 Å². The predicted octanol–water partition coefficient (Wildman–Crippen LogP) is 5.37. The second-order valence-electron chi connectivity index (χ2n) is 12.1. The molecular weight excluding hydrogens is 598 g/mol. The van der Waals surface area contributed by atoms with Crippen LogP contribution in [0.2, 0.25) is 0 Å². The first-order valence-electron chi connectivity index (χ1n) is 16.4. The Bertz CT molecular complexity index is 1620. The van der Waals surface area contributed by atoms with Gasteiger partial charge in [0.1, 0.15) is 0 Å². The van der Waals surface area contributed by atoms with Crippen molar-refractivity contribution >= 4 is 29.3 Å². The number of nitrogens with zero attached hydrogens (tertiary/aromatic N) is 2. The topological polar surface area (TPSA) is 114 Å². The number of amides is 2. The molecule has 246 valence electrons. The summed E-state index contributed by atoms with van der Waals surface area (Å²) in [5.41, 5.74) is 3.99. The van der Waals surface area contributed by atoms with Gasteiger partial charge in [-0.05, 0) is 62.1 Å². The minimum Gasteiger partial charge on any atom is -0.465 e. The van der Waals surface area contributed by atoms with Gasteiger partial charge < -0.3 is 29.3 Å². The Morgan fingerprint density at radius 3 is 2.04 bits per heavy atom. The van der Waals surface area contributed by atoms with Crippen LogP contribution in [0.25, 0.3) is 0 Å². The Morgan fingerprint density at radius 2 is 1.45 bits per heavy atom. The molecule has 3 aromatic rings. The minimum absolute atomic E-state index is 0.105. The van der Waals surface area contributed by atoms with Crippen molar-refractivity contribution in [3.05, 3.63) is 100 Å². The fraction of sp³-hybridized carbons (Fsp3) is 0.405. The third-order valence-corrected chi connectivity index (χ3v) is 9.17. The highest BCUT2D eigenvalue weighted by atomic mass is 16.7. The molecule has 1 saturated heterocycles. The van der Waals surface area contributed by atoms with E-state index in [9.17, 15) is 19.2 Å². The summed E-state index contributed by atoms with van der Waals surface area (Å²) in [5.74, 6) is -1.23. The van der Waals surface area contributed by atoms with Crippen LogP contribution in [0.5, 0.6) is 0 Å². The van der Waals surface area contributed by atoms with Crippen LogP contribution in [-0.4, -0.2) is 79.9 Å². The number of esters is 1. The van der Waals surface area contributed by atoms with Crippen molar-refractivity contribution in [1.29, 1.82) is 0 Å². The van der Waals surface area contributed by atoms with E-state index in [0.717, 1.165) is 24.0 Å². The van der Waals surface area contributed by atoms with Crippen LogP contribution in [0, 0.1) is 5.92 Å². The molecule has 2 heterocycles. The molecule has 0 radical (unpaired) electrons. The van der Waals surface area contributed by atoms with E-state index < -0.39 is 24.2 Å². The lowest BCUT2D eigenvalue weighted by Crippen LogP contribution is -2.51. The number of methoxy groups -OCH3 is 1. The number of carbonyl (C=O) groups is 4. The molecule has 1 saturated carbocycles. The highest BCUT2D eigenvalue weighted by Gasteiger charge is 2.40. The number of fused-ring (bicyclic) bond motifs is 1. The molecule has 1 aliphatic carbocycles. The maximum absolute atomic E-state index is 14.4. The number of benzene rings is 3. The lowest BCUT2D eigenvalue weighted by molar-refractivity contribution is -0.140. The number of carbonyl (C=O) groups excluding carboxylic acids is 4. The van der Waals surface area contributed by atoms with Gasteiger partial charge in [0.25, 0.3) is 5.91 Å². The highest BCUT2D eigenvalue weighted by molar-refractivity contribution is 6.14. The molecule has 0 aromatic heterocycles. The van der Waals surface area contributed by atoms with E-state index in [1.807, 2.05) is 55.1 Å². The summed E-state index contributed by atoms with van der Waals surface area (Å²) in [6.07, 6.45) is 1.44. The van der Waals surface area contributed by atoms with Gasteiger partial charge in [-0.25, -0.2) is 4.79 Å². The summed E-state index contributed by atoms with van der Waals surface area (Å²) < 4.78 is 16.5. The van der Waals surface area contributed by atoms with Gasteiger partial charge in [0.05, 0.1) is 30.2 Å². The number of nitrogens with one attached hydrogen (secondary N) is 1. The number of piperazine rings is 1. The van der Waals surface area contributed by atoms with Crippen molar-refractivity contribution in [2.75, 3.05) is 51.8 Å². The zero-order chi connectivity index (χ0) is 33.1. The second kappa shape index (κ2) is 14.1. The van der Waals surface area contributed by atoms with Crippen LogP contribution < -0.4 is 5.32 Å². The van der Waals surface area contributed by atoms with E-state index >= 15 is 0 Å². The molecule has 2 fully saturated rings. The second-order valence-corrected chi connectivity index (χ2v) is 12.1. The molecule has 10 nitrogen and oxygen atoms in total. The first-order valence-corrected chi connectivity index (χ1v) is 16.4. The fourth-order valence-corrected chi connectivity index (χ4v) is 6.53. The lowest BCUT2D eigenvalue weighted by atomic mass is 9.77. The van der Waals surface area contributed by atoms with Crippen LogP contribution in [0.3, 0.4) is 0 Å². The zero-order valence-electron chi connectivity index (χ0n) is 27.1. The van der Waals surface area contributed by atoms with Crippen LogP contribution in [-0.2, 0) is 19.0 Å². The zero-order valence-corrected chi connectivity index (χ0v) is 27.1. The third kappa shape index (κ3) is 6.66. The SMILES string of the molecule is CCOC(OCC)c1ccc(C2Nc3cccc(C(=O)OC)c3C(=O)C2c2ccc(C(=O)N3CCN(C(=O)C4CC4)CC3)cc2)cc1. The number of hydrogen-bond donors (Lipinski definition) is 1. The summed E-state index contributed by atoms with van der Waals surface area (Å²) in [7, 11) is 1.29. The predicted molar refractivity (Wildman–Crippen MR) is 175 cm³/mol. The molecule has 2 atom stereocenters. The van der Waals surface area contributed by atoms with Crippen LogP contribution >= 0.6 is 0 Å². The Morgan fingerprint density at radius 1 is 0.830 bits per heavy atom. The molecule has 3 aromatic carbocycles. The Kier molecular flexibility index (Phi) is 9.70. The molecule has 1 N–H and O–H groups in total. The first kappa shape index (κ1) is 32.4. The summed E-state index contributed by atoms with van der Waals surface area (Å²) in [6, 6.07) is 19.6. The van der Waals surface area contributed by atoms with Gasteiger partial charge in [0.15, 0.2) is 12.1 Å². The standard InChI is InChI=1S/C37H41N3O7/c1-4-46-37(47-5-2)27-17-11-24(12-18-27)32-30(33(41)31-28(36(44)45-3)7-6-8-29(31)38-32)23-9-13-25(14-10-23)34(42)39-19-21-40(22-20-39)35(43)26-15-16-26/h6-14,17-18,26,30,32,37-38H,4-5,15-16,19-22H2,1-3H3. The van der Waals surface area contributed by atoms with Crippen molar-refractivity contribution < 1.29 is 33.4 Å². The van der Waals surface area contributed by atoms with E-state index in [1.165, 1.54) is 7.11 Å². The number of anilines is 1. The normalized spacial score (nSPS) is 19.3. The monoisotopic (exact) mass is 639 g/mol. The number of ketones is 1. The molecule has 3 aliphatic rings. The highest BCUT2D eigenvalue weighted by Crippen LogP contribution is 2.44. The van der Waals surface area contributed by atoms with Gasteiger partial charge in [0.2, 0.25) is 5.91 Å². The van der Waals surface area contributed by atoms with Crippen molar-refractivity contribution in [1.82, 2.24) is 9.80 Å². The van der Waals surface area contributed by atoms with Crippen molar-refractivity contribution in [2.24, 2.45) is 5.92 Å². The van der Waals surface area contributed by atoms with Crippen molar-refractivity contribution in [3.8, 4) is 0 Å². The van der Waals surface area contributed by atoms with Gasteiger partial charge >= 0.3 is 5.97 Å². The van der Waals surface area contributed by atoms with E-state index in [-0.39, 0.29) is 34.6 Å². The van der Waals surface area contributed by atoms with E-state index in [0.29, 0.717) is 56.2 Å². The average molecular weight is 640 g/mol. The summed E-state index contributed by atoms with van der Waals surface area (Å²) in [5, 5.41) is 3.53. The molecule has 10 heteroatoms. The third-order valence-electron chi connectivity index (χ3n) is 9.17. The molecule has 47 heavy (non-hydrogen) atoms. The molecule has 2 unspecified atom stereocenters. The van der Waals surface area contributed by atoms with Gasteiger partial charge in [-0.15, -0.1) is 0 Å². The van der Waals surface area contributed by atoms with Crippen LogP contribution in [0.4, 0.5) is 5.69 Å². The fourth-order valence-electron chi connectivity index (χ4n) is 6.53. The summed E-state index contributed by atoms with van der Waals surface area (Å²) in [6.45, 7) is 6.90. The quantitative estimate of drug-likeness (QED) is 0.233. The number of ether oxygens (including phenoxy) is 3. The van der Waals surface area contributed by atoms with Gasteiger partial charge in [-0.3, -0.25) is 14.4 Å². The molecule has 0 spiro atoms. The van der Waals surface area contributed by atoms with Crippen LogP contribution in [0.1, 0.15) is 92.7 Å².